The largest absolute Gasteiger partial charge is 0.346 e. The molecule has 0 spiro atoms. The highest BCUT2D eigenvalue weighted by atomic mass is 79.9. The molecule has 0 saturated heterocycles. The SMILES string of the molecule is Cc1cc(-n2nnc(C(=O)NCc3ccccc3Cl)c2C)ccc1Br. The normalized spacial score (nSPS) is 10.7. The van der Waals surface area contributed by atoms with Crippen LogP contribution in [0.15, 0.2) is 46.9 Å². The third-order valence-corrected chi connectivity index (χ3v) is 5.15. The van der Waals surface area contributed by atoms with E-state index in [0.717, 1.165) is 21.3 Å². The average Bonchev–Trinajstić information content (AvgIpc) is 2.98. The van der Waals surface area contributed by atoms with Crippen LogP contribution in [0.2, 0.25) is 5.02 Å². The molecule has 1 amide bonds. The van der Waals surface area contributed by atoms with E-state index in [9.17, 15) is 4.79 Å². The minimum Gasteiger partial charge on any atom is -0.346 e. The Kier molecular flexibility index (Phi) is 5.20. The number of nitrogens with one attached hydrogen (secondary N) is 1. The fourth-order valence-corrected chi connectivity index (χ4v) is 2.89. The molecule has 7 heteroatoms. The molecule has 1 heterocycles. The van der Waals surface area contributed by atoms with Gasteiger partial charge in [0.2, 0.25) is 0 Å². The molecule has 2 aromatic carbocycles. The molecule has 0 fully saturated rings. The van der Waals surface area contributed by atoms with Crippen molar-refractivity contribution in [3.63, 3.8) is 0 Å². The lowest BCUT2D eigenvalue weighted by Gasteiger charge is -2.07. The van der Waals surface area contributed by atoms with Crippen molar-refractivity contribution < 1.29 is 4.79 Å². The molecular formula is C18H16BrClN4O. The highest BCUT2D eigenvalue weighted by molar-refractivity contribution is 9.10. The number of hydrogen-bond acceptors (Lipinski definition) is 3. The highest BCUT2D eigenvalue weighted by Crippen LogP contribution is 2.21. The van der Waals surface area contributed by atoms with E-state index in [1.54, 1.807) is 10.7 Å². The maximum Gasteiger partial charge on any atom is 0.274 e. The Morgan fingerprint density at radius 3 is 2.72 bits per heavy atom. The summed E-state index contributed by atoms with van der Waals surface area (Å²) in [6.07, 6.45) is 0. The number of hydrogen-bond donors (Lipinski definition) is 1. The summed E-state index contributed by atoms with van der Waals surface area (Å²) in [5, 5.41) is 11.6. The summed E-state index contributed by atoms with van der Waals surface area (Å²) in [4.78, 5) is 12.4. The number of amides is 1. The second-order valence-electron chi connectivity index (χ2n) is 5.64. The summed E-state index contributed by atoms with van der Waals surface area (Å²) >= 11 is 9.59. The molecule has 0 bridgehead atoms. The fraction of sp³-hybridized carbons (Fsp3) is 0.167. The van der Waals surface area contributed by atoms with Gasteiger partial charge in [-0.25, -0.2) is 4.68 Å². The topological polar surface area (TPSA) is 59.8 Å². The molecule has 0 radical (unpaired) electrons. The van der Waals surface area contributed by atoms with Crippen molar-refractivity contribution in [1.29, 1.82) is 0 Å². The van der Waals surface area contributed by atoms with E-state index in [4.69, 9.17) is 11.6 Å². The predicted octanol–water partition coefficient (Wildman–Crippen LogP) is 4.23. The number of carbonyl (C=O) groups excluding carboxylic acids is 1. The van der Waals surface area contributed by atoms with Crippen molar-refractivity contribution in [2.75, 3.05) is 0 Å². The lowest BCUT2D eigenvalue weighted by Crippen LogP contribution is -2.24. The van der Waals surface area contributed by atoms with Gasteiger partial charge in [0.1, 0.15) is 0 Å². The molecule has 0 aliphatic carbocycles. The fourth-order valence-electron chi connectivity index (χ4n) is 2.45. The molecule has 0 unspecified atom stereocenters. The summed E-state index contributed by atoms with van der Waals surface area (Å²) in [5.74, 6) is -0.280. The van der Waals surface area contributed by atoms with Gasteiger partial charge < -0.3 is 5.32 Å². The second-order valence-corrected chi connectivity index (χ2v) is 6.90. The van der Waals surface area contributed by atoms with Gasteiger partial charge in [-0.3, -0.25) is 4.79 Å². The third-order valence-electron chi connectivity index (χ3n) is 3.89. The number of aromatic nitrogens is 3. The van der Waals surface area contributed by atoms with Crippen molar-refractivity contribution in [2.45, 2.75) is 20.4 Å². The van der Waals surface area contributed by atoms with Crippen molar-refractivity contribution in [3.8, 4) is 5.69 Å². The van der Waals surface area contributed by atoms with Gasteiger partial charge in [-0.05, 0) is 49.2 Å². The van der Waals surface area contributed by atoms with Crippen LogP contribution < -0.4 is 5.32 Å². The van der Waals surface area contributed by atoms with Crippen molar-refractivity contribution >= 4 is 33.4 Å². The minimum absolute atomic E-state index is 0.280. The average molecular weight is 420 g/mol. The van der Waals surface area contributed by atoms with Crippen LogP contribution in [0.4, 0.5) is 0 Å². The van der Waals surface area contributed by atoms with Gasteiger partial charge in [0.15, 0.2) is 5.69 Å². The molecule has 3 aromatic rings. The maximum absolute atomic E-state index is 12.4. The Labute approximate surface area is 159 Å². The van der Waals surface area contributed by atoms with Crippen LogP contribution in [0.5, 0.6) is 0 Å². The molecule has 3 rings (SSSR count). The van der Waals surface area contributed by atoms with E-state index in [2.05, 4.69) is 31.6 Å². The van der Waals surface area contributed by atoms with E-state index in [1.807, 2.05) is 50.2 Å². The van der Waals surface area contributed by atoms with Gasteiger partial charge in [0.25, 0.3) is 5.91 Å². The molecule has 1 aromatic heterocycles. The van der Waals surface area contributed by atoms with Crippen LogP contribution in [-0.4, -0.2) is 20.9 Å². The van der Waals surface area contributed by atoms with E-state index in [0.29, 0.717) is 23.0 Å². The molecule has 25 heavy (non-hydrogen) atoms. The van der Waals surface area contributed by atoms with E-state index < -0.39 is 0 Å². The number of nitrogens with zero attached hydrogens (tertiary/aromatic N) is 3. The lowest BCUT2D eigenvalue weighted by molar-refractivity contribution is 0.0945. The Bertz CT molecular complexity index is 939. The van der Waals surface area contributed by atoms with Gasteiger partial charge >= 0.3 is 0 Å². The zero-order valence-electron chi connectivity index (χ0n) is 13.8. The van der Waals surface area contributed by atoms with Gasteiger partial charge in [-0.15, -0.1) is 5.10 Å². The summed E-state index contributed by atoms with van der Waals surface area (Å²) < 4.78 is 2.68. The Balaban J connectivity index is 1.79. The van der Waals surface area contributed by atoms with E-state index >= 15 is 0 Å². The third kappa shape index (κ3) is 3.75. The van der Waals surface area contributed by atoms with Gasteiger partial charge in [0, 0.05) is 16.0 Å². The minimum atomic E-state index is -0.280. The molecule has 1 N–H and O–H groups in total. The van der Waals surface area contributed by atoms with Crippen molar-refractivity contribution in [1.82, 2.24) is 20.3 Å². The number of rotatable bonds is 4. The van der Waals surface area contributed by atoms with Crippen LogP contribution >= 0.6 is 27.5 Å². The number of halogens is 2. The van der Waals surface area contributed by atoms with E-state index in [-0.39, 0.29) is 5.91 Å². The Morgan fingerprint density at radius 2 is 2.00 bits per heavy atom. The van der Waals surface area contributed by atoms with Gasteiger partial charge in [-0.1, -0.05) is 50.9 Å². The van der Waals surface area contributed by atoms with Crippen molar-refractivity contribution in [3.05, 3.63) is 74.5 Å². The summed E-state index contributed by atoms with van der Waals surface area (Å²) in [7, 11) is 0. The zero-order valence-corrected chi connectivity index (χ0v) is 16.1. The van der Waals surface area contributed by atoms with Gasteiger partial charge in [0.05, 0.1) is 11.4 Å². The summed E-state index contributed by atoms with van der Waals surface area (Å²) in [6.45, 7) is 4.15. The summed E-state index contributed by atoms with van der Waals surface area (Å²) in [5.41, 5.74) is 3.77. The van der Waals surface area contributed by atoms with Crippen LogP contribution in [0.25, 0.3) is 5.69 Å². The van der Waals surface area contributed by atoms with Crippen LogP contribution in [0.3, 0.4) is 0 Å². The first-order valence-electron chi connectivity index (χ1n) is 7.68. The van der Waals surface area contributed by atoms with Crippen LogP contribution in [-0.2, 0) is 6.54 Å². The zero-order chi connectivity index (χ0) is 18.0. The molecule has 0 aliphatic heterocycles. The highest BCUT2D eigenvalue weighted by Gasteiger charge is 2.17. The molecular weight excluding hydrogens is 404 g/mol. The van der Waals surface area contributed by atoms with Crippen molar-refractivity contribution in [2.24, 2.45) is 0 Å². The number of carbonyl (C=O) groups is 1. The monoisotopic (exact) mass is 418 g/mol. The number of aryl methyl sites for hydroxylation is 1. The molecule has 0 saturated carbocycles. The van der Waals surface area contributed by atoms with E-state index in [1.165, 1.54) is 0 Å². The Hall–Kier alpha value is -2.18. The van der Waals surface area contributed by atoms with Crippen LogP contribution in [0, 0.1) is 13.8 Å². The standard InChI is InChI=1S/C18H16BrClN4O/c1-11-9-14(7-8-15(11)19)24-12(2)17(22-23-24)18(25)21-10-13-5-3-4-6-16(13)20/h3-9H,10H2,1-2H3,(H,21,25). The summed E-state index contributed by atoms with van der Waals surface area (Å²) in [6, 6.07) is 13.2. The molecule has 0 aliphatic rings. The Morgan fingerprint density at radius 1 is 1.24 bits per heavy atom. The van der Waals surface area contributed by atoms with Gasteiger partial charge in [-0.2, -0.15) is 0 Å². The molecule has 0 atom stereocenters. The first-order valence-corrected chi connectivity index (χ1v) is 8.85. The maximum atomic E-state index is 12.4. The first kappa shape index (κ1) is 17.6. The van der Waals surface area contributed by atoms with Crippen LogP contribution in [0.1, 0.15) is 27.3 Å². The smallest absolute Gasteiger partial charge is 0.274 e. The predicted molar refractivity (Wildman–Crippen MR) is 101 cm³/mol. The second kappa shape index (κ2) is 7.37. The molecule has 5 nitrogen and oxygen atoms in total. The number of benzene rings is 2. The lowest BCUT2D eigenvalue weighted by atomic mass is 10.2. The molecule has 128 valence electrons. The first-order chi connectivity index (χ1) is 12.0. The quantitative estimate of drug-likeness (QED) is 0.688.